The molecule has 1 aromatic carbocycles. The maximum atomic E-state index is 11.9. The maximum Gasteiger partial charge on any atom is 0.321 e. The third kappa shape index (κ3) is 4.65. The van der Waals surface area contributed by atoms with Crippen LogP contribution in [0, 0.1) is 0 Å². The van der Waals surface area contributed by atoms with Gasteiger partial charge in [-0.2, -0.15) is 0 Å². The molecule has 0 aliphatic carbocycles. The van der Waals surface area contributed by atoms with Crippen molar-refractivity contribution in [2.24, 2.45) is 0 Å². The summed E-state index contributed by atoms with van der Waals surface area (Å²) in [5.41, 5.74) is 1.11. The third-order valence-electron chi connectivity index (χ3n) is 3.72. The zero-order valence-electron chi connectivity index (χ0n) is 13.4. The lowest BCUT2D eigenvalue weighted by Gasteiger charge is -2.10. The van der Waals surface area contributed by atoms with E-state index in [9.17, 15) is 4.79 Å². The summed E-state index contributed by atoms with van der Waals surface area (Å²) in [5, 5.41) is 15.0. The van der Waals surface area contributed by atoms with Gasteiger partial charge in [0.25, 0.3) is 0 Å². The highest BCUT2D eigenvalue weighted by atomic mass is 32.1. The molecular weight excluding hydrogens is 328 g/mol. The molecule has 0 bridgehead atoms. The minimum atomic E-state index is -0.280. The SMILES string of the molecule is COc1ccc(Cc2nnc(NC(=O)NC[C@H]3CCCO3)s2)cc1. The van der Waals surface area contributed by atoms with E-state index < -0.39 is 0 Å². The van der Waals surface area contributed by atoms with Crippen LogP contribution in [0.15, 0.2) is 24.3 Å². The molecule has 0 saturated carbocycles. The number of amides is 2. The summed E-state index contributed by atoms with van der Waals surface area (Å²) in [6.07, 6.45) is 2.83. The molecule has 2 N–H and O–H groups in total. The van der Waals surface area contributed by atoms with Crippen molar-refractivity contribution < 1.29 is 14.3 Å². The zero-order chi connectivity index (χ0) is 16.8. The number of nitrogens with zero attached hydrogens (tertiary/aromatic N) is 2. The quantitative estimate of drug-likeness (QED) is 0.837. The van der Waals surface area contributed by atoms with Gasteiger partial charge in [-0.15, -0.1) is 10.2 Å². The molecule has 3 rings (SSSR count). The average Bonchev–Trinajstić information content (AvgIpc) is 3.26. The van der Waals surface area contributed by atoms with Gasteiger partial charge in [-0.3, -0.25) is 5.32 Å². The van der Waals surface area contributed by atoms with E-state index >= 15 is 0 Å². The Labute approximate surface area is 144 Å². The van der Waals surface area contributed by atoms with Crippen LogP contribution in [0.2, 0.25) is 0 Å². The van der Waals surface area contributed by atoms with E-state index in [-0.39, 0.29) is 12.1 Å². The van der Waals surface area contributed by atoms with Crippen LogP contribution in [0.5, 0.6) is 5.75 Å². The number of methoxy groups -OCH3 is 1. The van der Waals surface area contributed by atoms with Crippen molar-refractivity contribution in [3.63, 3.8) is 0 Å². The molecule has 2 aromatic rings. The van der Waals surface area contributed by atoms with Crippen LogP contribution in [0.25, 0.3) is 0 Å². The van der Waals surface area contributed by atoms with Crippen LogP contribution in [0.1, 0.15) is 23.4 Å². The molecule has 0 unspecified atom stereocenters. The van der Waals surface area contributed by atoms with Crippen LogP contribution in [-0.2, 0) is 11.2 Å². The molecule has 2 heterocycles. The standard InChI is InChI=1S/C16H20N4O3S/c1-22-12-6-4-11(5-7-12)9-14-19-20-16(24-14)18-15(21)17-10-13-3-2-8-23-13/h4-7,13H,2-3,8-10H2,1H3,(H2,17,18,20,21)/t13-/m1/s1. The molecule has 1 fully saturated rings. The Kier molecular flexibility index (Phi) is 5.60. The van der Waals surface area contributed by atoms with Crippen molar-refractivity contribution >= 4 is 22.5 Å². The smallest absolute Gasteiger partial charge is 0.321 e. The highest BCUT2D eigenvalue weighted by Gasteiger charge is 2.16. The van der Waals surface area contributed by atoms with Crippen LogP contribution in [-0.4, -0.2) is 42.6 Å². The number of aromatic nitrogens is 2. The van der Waals surface area contributed by atoms with Crippen LogP contribution in [0.3, 0.4) is 0 Å². The van der Waals surface area contributed by atoms with Crippen molar-refractivity contribution in [1.29, 1.82) is 0 Å². The first-order valence-electron chi connectivity index (χ1n) is 7.84. The fourth-order valence-corrected chi connectivity index (χ4v) is 3.22. The van der Waals surface area contributed by atoms with Gasteiger partial charge in [-0.1, -0.05) is 23.5 Å². The second kappa shape index (κ2) is 8.07. The van der Waals surface area contributed by atoms with Crippen LogP contribution < -0.4 is 15.4 Å². The molecule has 1 saturated heterocycles. The first kappa shape index (κ1) is 16.7. The highest BCUT2D eigenvalue weighted by Crippen LogP contribution is 2.20. The van der Waals surface area contributed by atoms with Crippen molar-refractivity contribution in [3.05, 3.63) is 34.8 Å². The van der Waals surface area contributed by atoms with Crippen molar-refractivity contribution in [1.82, 2.24) is 15.5 Å². The maximum absolute atomic E-state index is 11.9. The van der Waals surface area contributed by atoms with Crippen molar-refractivity contribution in [3.8, 4) is 5.75 Å². The number of rotatable bonds is 6. The summed E-state index contributed by atoms with van der Waals surface area (Å²) < 4.78 is 10.6. The summed E-state index contributed by atoms with van der Waals surface area (Å²) in [4.78, 5) is 11.9. The first-order valence-corrected chi connectivity index (χ1v) is 8.66. The van der Waals surface area contributed by atoms with Crippen molar-refractivity contribution in [2.45, 2.75) is 25.4 Å². The van der Waals surface area contributed by atoms with Crippen LogP contribution >= 0.6 is 11.3 Å². The van der Waals surface area contributed by atoms with E-state index in [1.165, 1.54) is 11.3 Å². The number of anilines is 1. The van der Waals surface area contributed by atoms with Gasteiger partial charge in [-0.25, -0.2) is 4.79 Å². The fraction of sp³-hybridized carbons (Fsp3) is 0.438. The third-order valence-corrected chi connectivity index (χ3v) is 4.55. The minimum absolute atomic E-state index is 0.121. The van der Waals surface area contributed by atoms with E-state index in [1.54, 1.807) is 7.11 Å². The Balaban J connectivity index is 1.48. The summed E-state index contributed by atoms with van der Waals surface area (Å²) in [7, 11) is 1.64. The van der Waals surface area contributed by atoms with Gasteiger partial charge in [0, 0.05) is 19.6 Å². The molecular formula is C16H20N4O3S. The van der Waals surface area contributed by atoms with E-state index in [2.05, 4.69) is 20.8 Å². The summed E-state index contributed by atoms with van der Waals surface area (Å²) in [5.74, 6) is 0.821. The Hall–Kier alpha value is -2.19. The number of carbonyl (C=O) groups excluding carboxylic acids is 1. The van der Waals surface area contributed by atoms with E-state index in [4.69, 9.17) is 9.47 Å². The van der Waals surface area contributed by atoms with Crippen molar-refractivity contribution in [2.75, 3.05) is 25.6 Å². The lowest BCUT2D eigenvalue weighted by molar-refractivity contribution is 0.112. The van der Waals surface area contributed by atoms with E-state index in [0.717, 1.165) is 35.8 Å². The Morgan fingerprint density at radius 3 is 2.92 bits per heavy atom. The number of ether oxygens (including phenoxy) is 2. The summed E-state index contributed by atoms with van der Waals surface area (Å²) in [6, 6.07) is 7.52. The molecule has 1 aliphatic rings. The fourth-order valence-electron chi connectivity index (χ4n) is 2.45. The summed E-state index contributed by atoms with van der Waals surface area (Å²) >= 11 is 1.37. The Morgan fingerprint density at radius 2 is 2.21 bits per heavy atom. The van der Waals surface area contributed by atoms with Gasteiger partial charge < -0.3 is 14.8 Å². The molecule has 128 valence electrons. The number of urea groups is 1. The topological polar surface area (TPSA) is 85.4 Å². The zero-order valence-corrected chi connectivity index (χ0v) is 14.3. The molecule has 1 aliphatic heterocycles. The molecule has 24 heavy (non-hydrogen) atoms. The molecule has 1 atom stereocenters. The summed E-state index contributed by atoms with van der Waals surface area (Å²) in [6.45, 7) is 1.29. The number of hydrogen-bond acceptors (Lipinski definition) is 6. The number of nitrogens with one attached hydrogen (secondary N) is 2. The minimum Gasteiger partial charge on any atom is -0.497 e. The predicted molar refractivity (Wildman–Crippen MR) is 91.7 cm³/mol. The van der Waals surface area contributed by atoms with Gasteiger partial charge >= 0.3 is 6.03 Å². The second-order valence-corrected chi connectivity index (χ2v) is 6.56. The lowest BCUT2D eigenvalue weighted by Crippen LogP contribution is -2.34. The molecule has 1 aromatic heterocycles. The predicted octanol–water partition coefficient (Wildman–Crippen LogP) is 2.44. The molecule has 8 heteroatoms. The Morgan fingerprint density at radius 1 is 1.38 bits per heavy atom. The number of carbonyl (C=O) groups is 1. The normalized spacial score (nSPS) is 16.8. The van der Waals surface area contributed by atoms with Gasteiger partial charge in [0.1, 0.15) is 10.8 Å². The lowest BCUT2D eigenvalue weighted by atomic mass is 10.1. The molecule has 0 spiro atoms. The van der Waals surface area contributed by atoms with Gasteiger partial charge in [-0.05, 0) is 30.5 Å². The number of benzene rings is 1. The largest absolute Gasteiger partial charge is 0.497 e. The molecule has 2 amide bonds. The van der Waals surface area contributed by atoms with E-state index in [0.29, 0.717) is 18.1 Å². The average molecular weight is 348 g/mol. The van der Waals surface area contributed by atoms with Crippen LogP contribution in [0.4, 0.5) is 9.93 Å². The monoisotopic (exact) mass is 348 g/mol. The molecule has 7 nitrogen and oxygen atoms in total. The highest BCUT2D eigenvalue weighted by molar-refractivity contribution is 7.15. The van der Waals surface area contributed by atoms with Gasteiger partial charge in [0.05, 0.1) is 13.2 Å². The number of hydrogen-bond donors (Lipinski definition) is 2. The Bertz CT molecular complexity index is 668. The van der Waals surface area contributed by atoms with E-state index in [1.807, 2.05) is 24.3 Å². The first-order chi connectivity index (χ1) is 11.7. The van der Waals surface area contributed by atoms with Gasteiger partial charge in [0.15, 0.2) is 0 Å². The molecule has 0 radical (unpaired) electrons. The second-order valence-electron chi connectivity index (χ2n) is 5.50. The van der Waals surface area contributed by atoms with Gasteiger partial charge in [0.2, 0.25) is 5.13 Å².